The minimum atomic E-state index is -0.0503. The predicted molar refractivity (Wildman–Crippen MR) is 104 cm³/mol. The largest absolute Gasteiger partial charge is 0.371 e. The second-order valence-corrected chi connectivity index (χ2v) is 7.24. The van der Waals surface area contributed by atoms with E-state index in [1.807, 2.05) is 42.1 Å². The highest BCUT2D eigenvalue weighted by Crippen LogP contribution is 2.30. The summed E-state index contributed by atoms with van der Waals surface area (Å²) in [6.45, 7) is 6.39. The first-order valence-electron chi connectivity index (χ1n) is 8.57. The average Bonchev–Trinajstić information content (AvgIpc) is 3.02. The summed E-state index contributed by atoms with van der Waals surface area (Å²) in [6, 6.07) is 14.1. The molecule has 126 valence electrons. The summed E-state index contributed by atoms with van der Waals surface area (Å²) < 4.78 is 0. The Morgan fingerprint density at radius 1 is 1.17 bits per heavy atom. The molecule has 1 heterocycles. The van der Waals surface area contributed by atoms with Gasteiger partial charge in [0.1, 0.15) is 0 Å². The van der Waals surface area contributed by atoms with E-state index in [2.05, 4.69) is 36.2 Å². The maximum atomic E-state index is 12.5. The number of hydrogen-bond acceptors (Lipinski definition) is 3. The molecule has 4 heteroatoms. The number of likely N-dealkylation sites (N-methyl/N-ethyl adjacent to an activating group) is 1. The molecule has 3 rings (SSSR count). The van der Waals surface area contributed by atoms with Crippen molar-refractivity contribution in [2.24, 2.45) is 0 Å². The van der Waals surface area contributed by atoms with Crippen molar-refractivity contribution < 1.29 is 4.79 Å². The molecule has 1 aliphatic heterocycles. The first-order valence-corrected chi connectivity index (χ1v) is 9.72. The Morgan fingerprint density at radius 2 is 1.96 bits per heavy atom. The van der Waals surface area contributed by atoms with Gasteiger partial charge in [0.25, 0.3) is 5.91 Å². The van der Waals surface area contributed by atoms with Gasteiger partial charge in [0, 0.05) is 35.8 Å². The van der Waals surface area contributed by atoms with Crippen molar-refractivity contribution >= 4 is 29.0 Å². The molecule has 1 N–H and O–H groups in total. The molecule has 0 aromatic heterocycles. The zero-order valence-electron chi connectivity index (χ0n) is 14.3. The van der Waals surface area contributed by atoms with E-state index >= 15 is 0 Å². The number of carbonyl (C=O) groups excluding carboxylic acids is 1. The van der Waals surface area contributed by atoms with Gasteiger partial charge in [0.05, 0.1) is 0 Å². The fourth-order valence-corrected chi connectivity index (χ4v) is 3.66. The van der Waals surface area contributed by atoms with Crippen LogP contribution in [0.1, 0.15) is 35.3 Å². The third-order valence-electron chi connectivity index (χ3n) is 4.41. The standard InChI is InChI=1S/C20H24N2OS/c1-3-22-12-11-16-9-10-18(13-19(16)22)21-20(23)17-7-5-15(6-8-17)14-24-4-2/h5-10,13H,3-4,11-12,14H2,1-2H3,(H,21,23). The lowest BCUT2D eigenvalue weighted by atomic mass is 10.1. The smallest absolute Gasteiger partial charge is 0.255 e. The molecule has 0 spiro atoms. The summed E-state index contributed by atoms with van der Waals surface area (Å²) in [5.74, 6) is 2.05. The number of nitrogens with zero attached hydrogens (tertiary/aromatic N) is 1. The molecule has 0 fully saturated rings. The third kappa shape index (κ3) is 3.75. The molecule has 2 aromatic carbocycles. The van der Waals surface area contributed by atoms with Gasteiger partial charge in [-0.1, -0.05) is 25.1 Å². The van der Waals surface area contributed by atoms with E-state index in [9.17, 15) is 4.79 Å². The number of nitrogens with one attached hydrogen (secondary N) is 1. The van der Waals surface area contributed by atoms with Crippen LogP contribution in [-0.2, 0) is 12.2 Å². The highest BCUT2D eigenvalue weighted by molar-refractivity contribution is 7.98. The molecule has 0 atom stereocenters. The lowest BCUT2D eigenvalue weighted by Gasteiger charge is -2.17. The van der Waals surface area contributed by atoms with E-state index in [0.29, 0.717) is 5.56 Å². The van der Waals surface area contributed by atoms with E-state index in [-0.39, 0.29) is 5.91 Å². The van der Waals surface area contributed by atoms with Crippen molar-refractivity contribution in [2.75, 3.05) is 29.1 Å². The van der Waals surface area contributed by atoms with E-state index in [0.717, 1.165) is 36.7 Å². The van der Waals surface area contributed by atoms with Crippen molar-refractivity contribution in [2.45, 2.75) is 26.0 Å². The molecule has 24 heavy (non-hydrogen) atoms. The van der Waals surface area contributed by atoms with Crippen molar-refractivity contribution in [3.63, 3.8) is 0 Å². The Hall–Kier alpha value is -1.94. The van der Waals surface area contributed by atoms with Crippen LogP contribution < -0.4 is 10.2 Å². The Labute approximate surface area is 148 Å². The van der Waals surface area contributed by atoms with Gasteiger partial charge in [-0.05, 0) is 54.5 Å². The van der Waals surface area contributed by atoms with Crippen molar-refractivity contribution in [1.29, 1.82) is 0 Å². The fourth-order valence-electron chi connectivity index (χ4n) is 3.03. The molecule has 0 bridgehead atoms. The van der Waals surface area contributed by atoms with Crippen molar-refractivity contribution in [1.82, 2.24) is 0 Å². The first-order chi connectivity index (χ1) is 11.7. The highest BCUT2D eigenvalue weighted by atomic mass is 32.2. The van der Waals surface area contributed by atoms with Crippen LogP contribution in [0.15, 0.2) is 42.5 Å². The molecule has 0 saturated carbocycles. The van der Waals surface area contributed by atoms with Crippen LogP contribution in [0.3, 0.4) is 0 Å². The number of benzene rings is 2. The summed E-state index contributed by atoms with van der Waals surface area (Å²) in [6.07, 6.45) is 1.09. The van der Waals surface area contributed by atoms with Crippen LogP contribution in [0.5, 0.6) is 0 Å². The number of anilines is 2. The second kappa shape index (κ2) is 7.75. The van der Waals surface area contributed by atoms with E-state index in [4.69, 9.17) is 0 Å². The van der Waals surface area contributed by atoms with Crippen LogP contribution in [0, 0.1) is 0 Å². The minimum Gasteiger partial charge on any atom is -0.371 e. The zero-order valence-corrected chi connectivity index (χ0v) is 15.2. The van der Waals surface area contributed by atoms with Gasteiger partial charge in [-0.3, -0.25) is 4.79 Å². The van der Waals surface area contributed by atoms with Gasteiger partial charge >= 0.3 is 0 Å². The molecule has 0 unspecified atom stereocenters. The number of hydrogen-bond donors (Lipinski definition) is 1. The Morgan fingerprint density at radius 3 is 2.67 bits per heavy atom. The molecule has 2 aromatic rings. The summed E-state index contributed by atoms with van der Waals surface area (Å²) in [4.78, 5) is 14.8. The van der Waals surface area contributed by atoms with E-state index < -0.39 is 0 Å². The minimum absolute atomic E-state index is 0.0503. The lowest BCUT2D eigenvalue weighted by molar-refractivity contribution is 0.102. The van der Waals surface area contributed by atoms with Crippen LogP contribution in [-0.4, -0.2) is 24.7 Å². The van der Waals surface area contributed by atoms with Gasteiger partial charge in [-0.2, -0.15) is 11.8 Å². The zero-order chi connectivity index (χ0) is 16.9. The topological polar surface area (TPSA) is 32.3 Å². The predicted octanol–water partition coefficient (Wildman–Crippen LogP) is 4.57. The highest BCUT2D eigenvalue weighted by Gasteiger charge is 2.18. The van der Waals surface area contributed by atoms with Crippen LogP contribution in [0.2, 0.25) is 0 Å². The van der Waals surface area contributed by atoms with Crippen LogP contribution in [0.25, 0.3) is 0 Å². The maximum Gasteiger partial charge on any atom is 0.255 e. The van der Waals surface area contributed by atoms with Crippen molar-refractivity contribution in [3.8, 4) is 0 Å². The summed E-state index contributed by atoms with van der Waals surface area (Å²) in [7, 11) is 0. The number of amides is 1. The molecule has 1 aliphatic rings. The van der Waals surface area contributed by atoms with E-state index in [1.165, 1.54) is 16.8 Å². The van der Waals surface area contributed by atoms with Gasteiger partial charge in [-0.25, -0.2) is 0 Å². The number of carbonyl (C=O) groups is 1. The van der Waals surface area contributed by atoms with Gasteiger partial charge < -0.3 is 10.2 Å². The summed E-state index contributed by atoms with van der Waals surface area (Å²) in [5, 5.41) is 3.02. The average molecular weight is 340 g/mol. The molecule has 0 radical (unpaired) electrons. The van der Waals surface area contributed by atoms with Crippen molar-refractivity contribution in [3.05, 3.63) is 59.2 Å². The molecule has 0 saturated heterocycles. The molecule has 3 nitrogen and oxygen atoms in total. The summed E-state index contributed by atoms with van der Waals surface area (Å²) >= 11 is 1.89. The fraction of sp³-hybridized carbons (Fsp3) is 0.350. The monoisotopic (exact) mass is 340 g/mol. The van der Waals surface area contributed by atoms with Gasteiger partial charge in [0.2, 0.25) is 0 Å². The first kappa shape index (κ1) is 16.9. The summed E-state index contributed by atoms with van der Waals surface area (Å²) in [5.41, 5.74) is 5.45. The molecule has 0 aliphatic carbocycles. The normalized spacial score (nSPS) is 13.0. The molecule has 1 amide bonds. The molecular weight excluding hydrogens is 316 g/mol. The van der Waals surface area contributed by atoms with Gasteiger partial charge in [-0.15, -0.1) is 0 Å². The SMILES string of the molecule is CCSCc1ccc(C(=O)Nc2ccc3c(c2)N(CC)CC3)cc1. The number of thioether (sulfide) groups is 1. The van der Waals surface area contributed by atoms with Crippen LogP contribution >= 0.6 is 11.8 Å². The maximum absolute atomic E-state index is 12.5. The third-order valence-corrected chi connectivity index (χ3v) is 5.35. The number of fused-ring (bicyclic) bond motifs is 1. The Balaban J connectivity index is 1.69. The Bertz CT molecular complexity index is 712. The van der Waals surface area contributed by atoms with Crippen LogP contribution in [0.4, 0.5) is 11.4 Å². The molecular formula is C20H24N2OS. The quantitative estimate of drug-likeness (QED) is 0.836. The second-order valence-electron chi connectivity index (χ2n) is 5.96. The lowest BCUT2D eigenvalue weighted by Crippen LogP contribution is -2.19. The van der Waals surface area contributed by atoms with E-state index in [1.54, 1.807) is 0 Å². The van der Waals surface area contributed by atoms with Gasteiger partial charge in [0.15, 0.2) is 0 Å². The Kier molecular flexibility index (Phi) is 5.46. The number of rotatable bonds is 6.